The Morgan fingerprint density at radius 3 is 1.10 bits per heavy atom. The summed E-state index contributed by atoms with van der Waals surface area (Å²) in [6.45, 7) is 0. The van der Waals surface area contributed by atoms with Gasteiger partial charge in [0.25, 0.3) is 0 Å². The number of anilines is 3. The summed E-state index contributed by atoms with van der Waals surface area (Å²) in [4.78, 5) is 2.44. The van der Waals surface area contributed by atoms with Gasteiger partial charge >= 0.3 is 0 Å². The first-order valence-electron chi connectivity index (χ1n) is 17.4. The van der Waals surface area contributed by atoms with E-state index in [0.717, 1.165) is 17.1 Å². The molecule has 1 nitrogen and oxygen atoms in total. The number of hydrogen-bond acceptors (Lipinski definition) is 1. The van der Waals surface area contributed by atoms with Gasteiger partial charge in [-0.2, -0.15) is 0 Å². The smallest absolute Gasteiger partial charge is 0.0726 e. The van der Waals surface area contributed by atoms with Gasteiger partial charge in [-0.3, -0.25) is 0 Å². The third-order valence-electron chi connectivity index (χ3n) is 10.7. The zero-order valence-corrected chi connectivity index (χ0v) is 27.5. The summed E-state index contributed by atoms with van der Waals surface area (Å²) in [5.74, 6) is 0. The molecular weight excluding hydrogens is 603 g/mol. The number of rotatable bonds is 3. The number of hydrogen-bond donors (Lipinski definition) is 0. The average molecular weight is 636 g/mol. The zero-order chi connectivity index (χ0) is 33.1. The van der Waals surface area contributed by atoms with Crippen LogP contribution in [0.2, 0.25) is 0 Å². The molecular formula is C49H33N. The molecule has 0 saturated heterocycles. The molecule has 0 aromatic heterocycles. The fraction of sp³-hybridized carbons (Fsp3) is 0.0204. The van der Waals surface area contributed by atoms with E-state index in [1.807, 2.05) is 0 Å². The quantitative estimate of drug-likeness (QED) is 0.187. The number of fused-ring (bicyclic) bond motifs is 14. The van der Waals surface area contributed by atoms with E-state index in [9.17, 15) is 0 Å². The van der Waals surface area contributed by atoms with Crippen LogP contribution in [0.1, 0.15) is 22.3 Å². The van der Waals surface area contributed by atoms with Gasteiger partial charge in [0.15, 0.2) is 0 Å². The van der Waals surface area contributed by atoms with Crippen molar-refractivity contribution in [2.75, 3.05) is 4.90 Å². The number of nitrogens with zero attached hydrogens (tertiary/aromatic N) is 1. The summed E-state index contributed by atoms with van der Waals surface area (Å²) >= 11 is 0. The molecule has 0 amide bonds. The number of para-hydroxylation sites is 2. The number of benzene rings is 8. The van der Waals surface area contributed by atoms with E-state index in [1.165, 1.54) is 66.8 Å². The summed E-state index contributed by atoms with van der Waals surface area (Å²) < 4.78 is 0. The van der Waals surface area contributed by atoms with E-state index >= 15 is 0 Å². The van der Waals surface area contributed by atoms with Crippen LogP contribution in [0.5, 0.6) is 0 Å². The van der Waals surface area contributed by atoms with E-state index in [1.54, 1.807) is 0 Å². The highest BCUT2D eigenvalue weighted by Gasteiger charge is 2.49. The summed E-state index contributed by atoms with van der Waals surface area (Å²) in [5.41, 5.74) is 18.0. The van der Waals surface area contributed by atoms with Crippen LogP contribution in [0.4, 0.5) is 17.1 Å². The van der Waals surface area contributed by atoms with Crippen molar-refractivity contribution in [2.24, 2.45) is 0 Å². The normalized spacial score (nSPS) is 13.0. The molecule has 10 rings (SSSR count). The highest BCUT2D eigenvalue weighted by molar-refractivity contribution is 6.03. The topological polar surface area (TPSA) is 3.24 Å². The highest BCUT2D eigenvalue weighted by Crippen LogP contribution is 2.62. The Hall–Kier alpha value is -6.44. The Morgan fingerprint density at radius 2 is 0.600 bits per heavy atom. The molecule has 0 fully saturated rings. The molecule has 0 N–H and O–H groups in total. The largest absolute Gasteiger partial charge is 0.310 e. The second-order valence-corrected chi connectivity index (χ2v) is 13.2. The van der Waals surface area contributed by atoms with Crippen molar-refractivity contribution in [3.63, 3.8) is 0 Å². The molecule has 50 heavy (non-hydrogen) atoms. The summed E-state index contributed by atoms with van der Waals surface area (Å²) in [5, 5.41) is 0. The van der Waals surface area contributed by atoms with Crippen LogP contribution in [0.15, 0.2) is 200 Å². The standard InChI is InChI=1S/C49H33N/c1-3-18-34(19-4-1)50(35-20-5-2-6-21-35)47-33-17-32-46-48(47)42-28-10-9-24-38(42)36-22-7-8-23-37(36)39-25-11-14-29-43(39)49(46)44-30-15-12-26-40(44)41-27-13-16-31-45(41)49/h1-33H. The molecule has 0 unspecified atom stereocenters. The molecule has 1 spiro atoms. The third-order valence-corrected chi connectivity index (χ3v) is 10.7. The van der Waals surface area contributed by atoms with Gasteiger partial charge in [-0.1, -0.05) is 170 Å². The SMILES string of the molecule is c1ccc(N(c2ccccc2)c2cccc3c2-c2ccccc2-c2ccccc2-c2ccccc2C32c3ccccc3-c3ccccc32)cc1. The van der Waals surface area contributed by atoms with E-state index in [4.69, 9.17) is 0 Å². The first-order valence-corrected chi connectivity index (χ1v) is 17.4. The van der Waals surface area contributed by atoms with Gasteiger partial charge in [0.1, 0.15) is 0 Å². The third kappa shape index (κ3) is 4.01. The van der Waals surface area contributed by atoms with Gasteiger partial charge in [-0.25, -0.2) is 0 Å². The van der Waals surface area contributed by atoms with Gasteiger partial charge in [-0.05, 0) is 91.5 Å². The van der Waals surface area contributed by atoms with Crippen molar-refractivity contribution in [3.05, 3.63) is 222 Å². The highest BCUT2D eigenvalue weighted by atomic mass is 15.1. The van der Waals surface area contributed by atoms with Crippen molar-refractivity contribution in [2.45, 2.75) is 5.41 Å². The minimum absolute atomic E-state index is 0.598. The molecule has 234 valence electrons. The van der Waals surface area contributed by atoms with E-state index < -0.39 is 5.41 Å². The van der Waals surface area contributed by atoms with Crippen molar-refractivity contribution in [3.8, 4) is 44.5 Å². The van der Waals surface area contributed by atoms with Crippen LogP contribution in [-0.2, 0) is 5.41 Å². The second-order valence-electron chi connectivity index (χ2n) is 13.2. The zero-order valence-electron chi connectivity index (χ0n) is 27.5. The van der Waals surface area contributed by atoms with Gasteiger partial charge < -0.3 is 4.90 Å². The molecule has 8 aromatic rings. The van der Waals surface area contributed by atoms with Gasteiger partial charge in [-0.15, -0.1) is 0 Å². The fourth-order valence-electron chi connectivity index (χ4n) is 8.80. The Bertz CT molecular complexity index is 2460. The van der Waals surface area contributed by atoms with Crippen molar-refractivity contribution >= 4 is 17.1 Å². The van der Waals surface area contributed by atoms with Gasteiger partial charge in [0, 0.05) is 16.9 Å². The van der Waals surface area contributed by atoms with Crippen LogP contribution in [0.3, 0.4) is 0 Å². The molecule has 0 saturated carbocycles. The maximum absolute atomic E-state index is 2.44. The Kier molecular flexibility index (Phi) is 6.47. The minimum Gasteiger partial charge on any atom is -0.310 e. The molecule has 1 heteroatoms. The Morgan fingerprint density at radius 1 is 0.260 bits per heavy atom. The van der Waals surface area contributed by atoms with Gasteiger partial charge in [0.2, 0.25) is 0 Å². The molecule has 2 aliphatic carbocycles. The molecule has 8 aromatic carbocycles. The van der Waals surface area contributed by atoms with E-state index in [-0.39, 0.29) is 0 Å². The lowest BCUT2D eigenvalue weighted by Crippen LogP contribution is -2.30. The van der Waals surface area contributed by atoms with Crippen molar-refractivity contribution in [1.29, 1.82) is 0 Å². The summed E-state index contributed by atoms with van der Waals surface area (Å²) in [6, 6.07) is 73.8. The Balaban J connectivity index is 1.46. The van der Waals surface area contributed by atoms with E-state index in [2.05, 4.69) is 205 Å². The monoisotopic (exact) mass is 635 g/mol. The average Bonchev–Trinajstić information content (AvgIpc) is 3.51. The van der Waals surface area contributed by atoms with Crippen LogP contribution in [-0.4, -0.2) is 0 Å². The first-order chi connectivity index (χ1) is 24.9. The lowest BCUT2D eigenvalue weighted by atomic mass is 9.64. The summed E-state index contributed by atoms with van der Waals surface area (Å²) in [6.07, 6.45) is 0. The molecule has 0 aliphatic heterocycles. The molecule has 2 aliphatic rings. The minimum atomic E-state index is -0.598. The molecule has 0 heterocycles. The van der Waals surface area contributed by atoms with Crippen molar-refractivity contribution < 1.29 is 0 Å². The lowest BCUT2D eigenvalue weighted by Gasteiger charge is -2.38. The van der Waals surface area contributed by atoms with Gasteiger partial charge in [0.05, 0.1) is 11.1 Å². The van der Waals surface area contributed by atoms with Crippen LogP contribution in [0, 0.1) is 0 Å². The molecule has 0 atom stereocenters. The van der Waals surface area contributed by atoms with Crippen LogP contribution < -0.4 is 4.90 Å². The lowest BCUT2D eigenvalue weighted by molar-refractivity contribution is 0.773. The Labute approximate surface area is 293 Å². The van der Waals surface area contributed by atoms with Crippen molar-refractivity contribution in [1.82, 2.24) is 0 Å². The van der Waals surface area contributed by atoms with E-state index in [0.29, 0.717) is 0 Å². The van der Waals surface area contributed by atoms with Crippen LogP contribution >= 0.6 is 0 Å². The predicted molar refractivity (Wildman–Crippen MR) is 208 cm³/mol. The fourth-order valence-corrected chi connectivity index (χ4v) is 8.80. The maximum Gasteiger partial charge on any atom is 0.0726 e. The first kappa shape index (κ1) is 28.6. The molecule has 0 bridgehead atoms. The van der Waals surface area contributed by atoms with Crippen LogP contribution in [0.25, 0.3) is 44.5 Å². The molecule has 0 radical (unpaired) electrons. The second kappa shape index (κ2) is 11.3. The predicted octanol–water partition coefficient (Wildman–Crippen LogP) is 12.8. The maximum atomic E-state index is 2.44. The summed E-state index contributed by atoms with van der Waals surface area (Å²) in [7, 11) is 0.